The van der Waals surface area contributed by atoms with Gasteiger partial charge in [-0.2, -0.15) is 0 Å². The van der Waals surface area contributed by atoms with Gasteiger partial charge in [-0.3, -0.25) is 0 Å². The largest absolute Gasteiger partial charge is 0.461 e. The van der Waals surface area contributed by atoms with Crippen molar-refractivity contribution in [3.63, 3.8) is 0 Å². The summed E-state index contributed by atoms with van der Waals surface area (Å²) in [5, 5.41) is 0.583. The van der Waals surface area contributed by atoms with E-state index in [0.717, 1.165) is 5.56 Å². The lowest BCUT2D eigenvalue weighted by molar-refractivity contribution is 0.0712. The van der Waals surface area contributed by atoms with Gasteiger partial charge in [-0.15, -0.1) is 0 Å². The van der Waals surface area contributed by atoms with Crippen LogP contribution < -0.4 is 4.74 Å². The quantitative estimate of drug-likeness (QED) is 0.615. The highest BCUT2D eigenvalue weighted by Crippen LogP contribution is 2.29. The lowest BCUT2D eigenvalue weighted by Gasteiger charge is -2.02. The first-order valence-corrected chi connectivity index (χ1v) is 6.06. The van der Waals surface area contributed by atoms with Crippen molar-refractivity contribution >= 4 is 23.3 Å². The van der Waals surface area contributed by atoms with E-state index in [1.807, 2.05) is 12.1 Å². The second-order valence-corrected chi connectivity index (χ2v) is 4.43. The smallest absolute Gasteiger partial charge is 0.344 e. The van der Waals surface area contributed by atoms with Crippen molar-refractivity contribution in [2.24, 2.45) is 0 Å². The van der Waals surface area contributed by atoms with E-state index in [2.05, 4.69) is 0 Å². The molecule has 0 radical (unpaired) electrons. The molecule has 3 rings (SSSR count). The van der Waals surface area contributed by atoms with Crippen LogP contribution in [0.4, 0.5) is 0 Å². The number of fused-ring (bicyclic) bond motifs is 1. The third-order valence-electron chi connectivity index (χ3n) is 2.71. The Morgan fingerprint density at radius 2 is 1.84 bits per heavy atom. The molecule has 0 bridgehead atoms. The van der Waals surface area contributed by atoms with E-state index >= 15 is 0 Å². The summed E-state index contributed by atoms with van der Waals surface area (Å²) in [5.74, 6) is 0.623. The van der Waals surface area contributed by atoms with Gasteiger partial charge >= 0.3 is 5.97 Å². The molecule has 1 aliphatic rings. The van der Waals surface area contributed by atoms with Crippen molar-refractivity contribution in [1.82, 2.24) is 0 Å². The zero-order chi connectivity index (χ0) is 13.2. The topological polar surface area (TPSA) is 35.5 Å². The van der Waals surface area contributed by atoms with Crippen molar-refractivity contribution in [2.45, 2.75) is 0 Å². The van der Waals surface area contributed by atoms with E-state index in [9.17, 15) is 4.79 Å². The van der Waals surface area contributed by atoms with E-state index in [4.69, 9.17) is 21.1 Å². The number of benzene rings is 2. The Balaban J connectivity index is 1.88. The monoisotopic (exact) mass is 272 g/mol. The molecular formula is C15H9ClO3. The minimum atomic E-state index is -0.364. The van der Waals surface area contributed by atoms with Gasteiger partial charge in [0.2, 0.25) is 0 Å². The van der Waals surface area contributed by atoms with Gasteiger partial charge in [0.25, 0.3) is 0 Å². The predicted molar refractivity (Wildman–Crippen MR) is 71.9 cm³/mol. The summed E-state index contributed by atoms with van der Waals surface area (Å²) < 4.78 is 10.6. The maximum absolute atomic E-state index is 11.6. The fourth-order valence-electron chi connectivity index (χ4n) is 1.84. The zero-order valence-electron chi connectivity index (χ0n) is 9.80. The van der Waals surface area contributed by atoms with Crippen LogP contribution in [0.3, 0.4) is 0 Å². The normalized spacial score (nSPS) is 15.2. The molecule has 4 heteroatoms. The van der Waals surface area contributed by atoms with Gasteiger partial charge in [0, 0.05) is 10.6 Å². The Kier molecular flexibility index (Phi) is 2.97. The van der Waals surface area contributed by atoms with Crippen molar-refractivity contribution < 1.29 is 14.3 Å². The Labute approximate surface area is 115 Å². The van der Waals surface area contributed by atoms with Gasteiger partial charge in [-0.25, -0.2) is 4.79 Å². The van der Waals surface area contributed by atoms with Crippen LogP contribution in [0, 0.1) is 0 Å². The molecule has 0 fully saturated rings. The Bertz CT molecular complexity index is 677. The highest BCUT2D eigenvalue weighted by molar-refractivity contribution is 6.30. The molecule has 0 spiro atoms. The van der Waals surface area contributed by atoms with E-state index in [-0.39, 0.29) is 5.97 Å². The van der Waals surface area contributed by atoms with Crippen molar-refractivity contribution in [2.75, 3.05) is 0 Å². The SMILES string of the molecule is O=C1O/C(=C/Oc2cccc(Cl)c2)c2ccccc21. The molecule has 0 aromatic heterocycles. The average molecular weight is 273 g/mol. The van der Waals surface area contributed by atoms with Crippen LogP contribution in [0.25, 0.3) is 5.76 Å². The minimum absolute atomic E-state index is 0.364. The third kappa shape index (κ3) is 2.33. The van der Waals surface area contributed by atoms with Crippen LogP contribution >= 0.6 is 11.6 Å². The summed E-state index contributed by atoms with van der Waals surface area (Å²) in [6.45, 7) is 0. The minimum Gasteiger partial charge on any atom is -0.461 e. The molecule has 0 amide bonds. The molecule has 2 aromatic carbocycles. The highest BCUT2D eigenvalue weighted by Gasteiger charge is 2.26. The summed E-state index contributed by atoms with van der Waals surface area (Å²) in [6, 6.07) is 14.2. The standard InChI is InChI=1S/C15H9ClO3/c16-10-4-3-5-11(8-10)18-9-14-12-6-1-2-7-13(12)15(17)19-14/h1-9H/b14-9+. The van der Waals surface area contributed by atoms with E-state index in [0.29, 0.717) is 22.1 Å². The number of esters is 1. The van der Waals surface area contributed by atoms with E-state index in [1.54, 1.807) is 36.4 Å². The molecule has 1 heterocycles. The maximum Gasteiger partial charge on any atom is 0.344 e. The molecule has 2 aromatic rings. The first kappa shape index (κ1) is 11.8. The molecule has 0 saturated heterocycles. The first-order chi connectivity index (χ1) is 9.24. The number of hydrogen-bond donors (Lipinski definition) is 0. The van der Waals surface area contributed by atoms with Crippen LogP contribution in [-0.2, 0) is 4.74 Å². The number of cyclic esters (lactones) is 1. The summed E-state index contributed by atoms with van der Waals surface area (Å²) in [5.41, 5.74) is 1.28. The number of halogens is 1. The van der Waals surface area contributed by atoms with E-state index < -0.39 is 0 Å². The Morgan fingerprint density at radius 3 is 2.63 bits per heavy atom. The molecular weight excluding hydrogens is 264 g/mol. The summed E-state index contributed by atoms with van der Waals surface area (Å²) >= 11 is 5.86. The van der Waals surface area contributed by atoms with Crippen LogP contribution in [0.1, 0.15) is 15.9 Å². The lowest BCUT2D eigenvalue weighted by Crippen LogP contribution is -1.92. The molecule has 0 aliphatic carbocycles. The third-order valence-corrected chi connectivity index (χ3v) is 2.95. The van der Waals surface area contributed by atoms with Gasteiger partial charge in [0.1, 0.15) is 12.0 Å². The molecule has 0 N–H and O–H groups in total. The molecule has 0 atom stereocenters. The molecule has 0 unspecified atom stereocenters. The summed E-state index contributed by atoms with van der Waals surface area (Å²) in [6.07, 6.45) is 1.41. The van der Waals surface area contributed by atoms with Crippen LogP contribution in [0.15, 0.2) is 54.8 Å². The number of ether oxygens (including phenoxy) is 2. The van der Waals surface area contributed by atoms with Gasteiger partial charge < -0.3 is 9.47 Å². The van der Waals surface area contributed by atoms with E-state index in [1.165, 1.54) is 6.26 Å². The molecule has 19 heavy (non-hydrogen) atoms. The summed E-state index contributed by atoms with van der Waals surface area (Å²) in [7, 11) is 0. The second kappa shape index (κ2) is 4.78. The van der Waals surface area contributed by atoms with Gasteiger partial charge in [-0.1, -0.05) is 35.9 Å². The zero-order valence-corrected chi connectivity index (χ0v) is 10.6. The van der Waals surface area contributed by atoms with Gasteiger partial charge in [0.15, 0.2) is 5.76 Å². The Morgan fingerprint density at radius 1 is 1.05 bits per heavy atom. The van der Waals surface area contributed by atoms with Crippen molar-refractivity contribution in [3.8, 4) is 5.75 Å². The molecule has 1 aliphatic heterocycles. The predicted octanol–water partition coefficient (Wildman–Crippen LogP) is 3.89. The average Bonchev–Trinajstić information content (AvgIpc) is 2.74. The highest BCUT2D eigenvalue weighted by atomic mass is 35.5. The molecule has 3 nitrogen and oxygen atoms in total. The van der Waals surface area contributed by atoms with Crippen molar-refractivity contribution in [1.29, 1.82) is 0 Å². The lowest BCUT2D eigenvalue weighted by atomic mass is 10.1. The first-order valence-electron chi connectivity index (χ1n) is 5.68. The number of hydrogen-bond acceptors (Lipinski definition) is 3. The fraction of sp³-hybridized carbons (Fsp3) is 0. The van der Waals surface area contributed by atoms with Crippen molar-refractivity contribution in [3.05, 3.63) is 70.9 Å². The van der Waals surface area contributed by atoms with Gasteiger partial charge in [0.05, 0.1) is 5.56 Å². The second-order valence-electron chi connectivity index (χ2n) is 3.99. The fourth-order valence-corrected chi connectivity index (χ4v) is 2.02. The molecule has 0 saturated carbocycles. The Hall–Kier alpha value is -2.26. The number of carbonyl (C=O) groups is 1. The van der Waals surface area contributed by atoms with Gasteiger partial charge in [-0.05, 0) is 24.3 Å². The van der Waals surface area contributed by atoms with Crippen LogP contribution in [0.5, 0.6) is 5.75 Å². The van der Waals surface area contributed by atoms with Crippen LogP contribution in [0.2, 0.25) is 5.02 Å². The van der Waals surface area contributed by atoms with Crippen LogP contribution in [-0.4, -0.2) is 5.97 Å². The maximum atomic E-state index is 11.6. The molecule has 94 valence electrons. The number of rotatable bonds is 2. The summed E-state index contributed by atoms with van der Waals surface area (Å²) in [4.78, 5) is 11.6. The number of carbonyl (C=O) groups excluding carboxylic acids is 1.